The maximum absolute atomic E-state index is 6.63. The lowest BCUT2D eigenvalue weighted by molar-refractivity contribution is -0.212. The van der Waals surface area contributed by atoms with Gasteiger partial charge in [-0.15, -0.1) is 0 Å². The van der Waals surface area contributed by atoms with Gasteiger partial charge >= 0.3 is 0 Å². The van der Waals surface area contributed by atoms with E-state index in [9.17, 15) is 0 Å². The summed E-state index contributed by atoms with van der Waals surface area (Å²) in [4.78, 5) is 0. The van der Waals surface area contributed by atoms with Gasteiger partial charge in [0.25, 0.3) is 0 Å². The van der Waals surface area contributed by atoms with Crippen LogP contribution in [0.25, 0.3) is 0 Å². The van der Waals surface area contributed by atoms with Crippen LogP contribution in [-0.2, 0) is 4.74 Å². The van der Waals surface area contributed by atoms with Crippen molar-refractivity contribution >= 4 is 28.9 Å². The number of hydrogen-bond donors (Lipinski definition) is 0. The summed E-state index contributed by atoms with van der Waals surface area (Å²) in [5.74, 6) is 0.945. The molecule has 2 aromatic rings. The van der Waals surface area contributed by atoms with Crippen LogP contribution in [0.1, 0.15) is 50.3 Å². The number of halogens is 2. The van der Waals surface area contributed by atoms with Gasteiger partial charge in [-0.05, 0) is 32.0 Å². The van der Waals surface area contributed by atoms with E-state index in [0.717, 1.165) is 36.3 Å². The summed E-state index contributed by atoms with van der Waals surface area (Å²) in [6.45, 7) is 4.87. The third kappa shape index (κ3) is 2.90. The molecule has 0 unspecified atom stereocenters. The zero-order valence-corrected chi connectivity index (χ0v) is 17.4. The number of hydrogen-bond acceptors (Lipinski definition) is 4. The van der Waals surface area contributed by atoms with Gasteiger partial charge in [-0.25, -0.2) is 5.01 Å². The molecule has 1 saturated heterocycles. The van der Waals surface area contributed by atoms with E-state index in [2.05, 4.69) is 37.1 Å². The number of para-hydroxylation sites is 1. The Morgan fingerprint density at radius 2 is 1.96 bits per heavy atom. The highest BCUT2D eigenvalue weighted by Gasteiger charge is 2.54. The minimum atomic E-state index is -0.512. The van der Waals surface area contributed by atoms with E-state index < -0.39 is 5.72 Å². The van der Waals surface area contributed by atoms with Crippen molar-refractivity contribution < 1.29 is 9.47 Å². The fraction of sp³-hybridized carbons (Fsp3) is 0.409. The second-order valence-electron chi connectivity index (χ2n) is 8.36. The Bertz CT molecular complexity index is 975. The van der Waals surface area contributed by atoms with Gasteiger partial charge in [-0.3, -0.25) is 0 Å². The lowest BCUT2D eigenvalue weighted by atomic mass is 9.86. The zero-order valence-electron chi connectivity index (χ0n) is 15.9. The molecule has 5 rings (SSSR count). The smallest absolute Gasteiger partial charge is 0.203 e. The Balaban J connectivity index is 1.62. The average Bonchev–Trinajstić information content (AvgIpc) is 3.07. The monoisotopic (exact) mass is 416 g/mol. The van der Waals surface area contributed by atoms with E-state index in [1.807, 2.05) is 18.2 Å². The largest absolute Gasteiger partial charge is 0.466 e. The number of rotatable bonds is 1. The molecule has 3 aliphatic rings. The average molecular weight is 417 g/mol. The predicted octanol–water partition coefficient (Wildman–Crippen LogP) is 5.82. The molecule has 0 aliphatic carbocycles. The number of fused-ring (bicyclic) bond motifs is 4. The van der Waals surface area contributed by atoms with Crippen molar-refractivity contribution in [2.45, 2.75) is 50.5 Å². The molecule has 3 aliphatic heterocycles. The van der Waals surface area contributed by atoms with Crippen molar-refractivity contribution in [3.8, 4) is 5.75 Å². The van der Waals surface area contributed by atoms with Crippen LogP contribution in [0.3, 0.4) is 0 Å². The first-order valence-corrected chi connectivity index (χ1v) is 10.4. The molecule has 2 atom stereocenters. The van der Waals surface area contributed by atoms with Gasteiger partial charge in [0.05, 0.1) is 29.0 Å². The second kappa shape index (κ2) is 6.38. The summed E-state index contributed by atoms with van der Waals surface area (Å²) in [6.07, 6.45) is 2.30. The van der Waals surface area contributed by atoms with Crippen LogP contribution in [0.4, 0.5) is 0 Å². The van der Waals surface area contributed by atoms with Gasteiger partial charge in [-0.2, -0.15) is 5.10 Å². The Morgan fingerprint density at radius 3 is 2.75 bits per heavy atom. The van der Waals surface area contributed by atoms with Crippen molar-refractivity contribution in [3.63, 3.8) is 0 Å². The molecule has 0 amide bonds. The normalized spacial score (nSPS) is 27.8. The molecule has 2 aromatic carbocycles. The van der Waals surface area contributed by atoms with E-state index in [1.54, 1.807) is 6.07 Å². The summed E-state index contributed by atoms with van der Waals surface area (Å²) in [5, 5.41) is 8.47. The van der Waals surface area contributed by atoms with E-state index in [-0.39, 0.29) is 11.6 Å². The summed E-state index contributed by atoms with van der Waals surface area (Å²) in [7, 11) is 0. The van der Waals surface area contributed by atoms with Gasteiger partial charge in [0, 0.05) is 35.4 Å². The fourth-order valence-corrected chi connectivity index (χ4v) is 5.21. The van der Waals surface area contributed by atoms with Crippen molar-refractivity contribution in [2.75, 3.05) is 6.61 Å². The molecule has 0 aromatic heterocycles. The molecule has 28 heavy (non-hydrogen) atoms. The maximum atomic E-state index is 6.63. The number of hydrazone groups is 1. The topological polar surface area (TPSA) is 34.1 Å². The lowest BCUT2D eigenvalue weighted by Gasteiger charge is -2.52. The van der Waals surface area contributed by atoms with Crippen LogP contribution in [0.2, 0.25) is 10.0 Å². The maximum Gasteiger partial charge on any atom is 0.203 e. The summed E-state index contributed by atoms with van der Waals surface area (Å²) in [5.41, 5.74) is 2.28. The fourth-order valence-electron chi connectivity index (χ4n) is 4.69. The van der Waals surface area contributed by atoms with E-state index in [1.165, 1.54) is 5.56 Å². The van der Waals surface area contributed by atoms with Crippen LogP contribution in [0.15, 0.2) is 47.6 Å². The van der Waals surface area contributed by atoms with Crippen molar-refractivity contribution in [1.29, 1.82) is 0 Å². The number of ether oxygens (including phenoxy) is 2. The Labute approximate surface area is 175 Å². The highest BCUT2D eigenvalue weighted by Crippen LogP contribution is 2.52. The molecule has 0 saturated carbocycles. The van der Waals surface area contributed by atoms with Gasteiger partial charge in [0.1, 0.15) is 5.75 Å². The zero-order chi connectivity index (χ0) is 19.5. The lowest BCUT2D eigenvalue weighted by Crippen LogP contribution is -2.60. The van der Waals surface area contributed by atoms with Gasteiger partial charge in [0.2, 0.25) is 5.72 Å². The Hall–Kier alpha value is -1.75. The number of benzene rings is 2. The van der Waals surface area contributed by atoms with Crippen molar-refractivity contribution in [1.82, 2.24) is 5.01 Å². The van der Waals surface area contributed by atoms with Crippen molar-refractivity contribution in [2.24, 2.45) is 5.10 Å². The molecule has 6 heteroatoms. The Morgan fingerprint density at radius 1 is 1.14 bits per heavy atom. The summed E-state index contributed by atoms with van der Waals surface area (Å²) >= 11 is 12.6. The summed E-state index contributed by atoms with van der Waals surface area (Å²) < 4.78 is 12.6. The van der Waals surface area contributed by atoms with E-state index in [0.29, 0.717) is 16.7 Å². The SMILES string of the molecule is CC1(C)C[C@@]2(CCO1)Oc1ccccc1[C@H]1CC(c3ccc(Cl)cc3Cl)=NN12. The van der Waals surface area contributed by atoms with E-state index in [4.69, 9.17) is 37.8 Å². The quantitative estimate of drug-likeness (QED) is 0.586. The first-order chi connectivity index (χ1) is 13.4. The Kier molecular flexibility index (Phi) is 4.17. The molecular weight excluding hydrogens is 395 g/mol. The van der Waals surface area contributed by atoms with Crippen LogP contribution < -0.4 is 4.74 Å². The molecule has 1 fully saturated rings. The first-order valence-electron chi connectivity index (χ1n) is 9.61. The highest BCUT2D eigenvalue weighted by molar-refractivity contribution is 6.37. The molecule has 0 bridgehead atoms. The third-order valence-corrected chi connectivity index (χ3v) is 6.38. The molecular formula is C22H22Cl2N2O2. The van der Waals surface area contributed by atoms with Crippen LogP contribution in [0, 0.1) is 0 Å². The highest BCUT2D eigenvalue weighted by atomic mass is 35.5. The van der Waals surface area contributed by atoms with Gasteiger partial charge in [0.15, 0.2) is 0 Å². The second-order valence-corrected chi connectivity index (χ2v) is 9.20. The van der Waals surface area contributed by atoms with Crippen LogP contribution in [0.5, 0.6) is 5.75 Å². The van der Waals surface area contributed by atoms with Crippen molar-refractivity contribution in [3.05, 3.63) is 63.6 Å². The standard InChI is InChI=1S/C22H22Cl2N2O2/c1-21(2)13-22(9-10-27-21)26-19(16-5-3-4-6-20(16)28-22)12-18(25-26)15-8-7-14(23)11-17(15)24/h3-8,11,19H,9-10,12-13H2,1-2H3/t19-,22-/m1/s1. The third-order valence-electron chi connectivity index (χ3n) is 5.84. The molecule has 0 radical (unpaired) electrons. The van der Waals surface area contributed by atoms with Crippen LogP contribution >= 0.6 is 23.2 Å². The molecule has 3 heterocycles. The first kappa shape index (κ1) is 18.3. The predicted molar refractivity (Wildman–Crippen MR) is 111 cm³/mol. The molecule has 146 valence electrons. The number of nitrogens with zero attached hydrogens (tertiary/aromatic N) is 2. The van der Waals surface area contributed by atoms with Crippen LogP contribution in [-0.4, -0.2) is 28.7 Å². The van der Waals surface area contributed by atoms with Gasteiger partial charge in [-0.1, -0.05) is 47.5 Å². The van der Waals surface area contributed by atoms with Gasteiger partial charge < -0.3 is 9.47 Å². The molecule has 0 N–H and O–H groups in total. The minimum Gasteiger partial charge on any atom is -0.466 e. The minimum absolute atomic E-state index is 0.126. The summed E-state index contributed by atoms with van der Waals surface area (Å²) in [6, 6.07) is 14.0. The molecule has 1 spiro atoms. The molecule has 4 nitrogen and oxygen atoms in total. The van der Waals surface area contributed by atoms with E-state index >= 15 is 0 Å².